The summed E-state index contributed by atoms with van der Waals surface area (Å²) in [6, 6.07) is 2.97. The van der Waals surface area contributed by atoms with Crippen LogP contribution >= 0.6 is 11.3 Å². The van der Waals surface area contributed by atoms with Gasteiger partial charge >= 0.3 is 5.69 Å². The third kappa shape index (κ3) is 3.45. The highest BCUT2D eigenvalue weighted by Gasteiger charge is 2.30. The van der Waals surface area contributed by atoms with Gasteiger partial charge in [0, 0.05) is 36.9 Å². The highest BCUT2D eigenvalue weighted by molar-refractivity contribution is 7.13. The Hall–Kier alpha value is -2.55. The van der Waals surface area contributed by atoms with Gasteiger partial charge in [0.05, 0.1) is 10.8 Å². The molecule has 1 saturated heterocycles. The second-order valence-corrected chi connectivity index (χ2v) is 6.11. The quantitative estimate of drug-likeness (QED) is 0.680. The number of rotatable bonds is 4. The number of hydrogen-bond acceptors (Lipinski definition) is 7. The molecule has 0 spiro atoms. The number of nitrogens with zero attached hydrogens (tertiary/aromatic N) is 4. The third-order valence-electron chi connectivity index (χ3n) is 3.72. The molecule has 120 valence electrons. The van der Waals surface area contributed by atoms with Crippen molar-refractivity contribution in [2.75, 3.05) is 23.3 Å². The molecule has 0 aliphatic carbocycles. The number of piperidine rings is 1. The molecule has 8 nitrogen and oxygen atoms in total. The molecule has 3 heterocycles. The highest BCUT2D eigenvalue weighted by atomic mass is 32.1. The van der Waals surface area contributed by atoms with E-state index in [4.69, 9.17) is 0 Å². The van der Waals surface area contributed by atoms with Crippen LogP contribution in [0.2, 0.25) is 0 Å². The molecular formula is C14H15N5O3S. The maximum absolute atomic E-state index is 12.3. The van der Waals surface area contributed by atoms with E-state index in [1.165, 1.54) is 29.7 Å². The Labute approximate surface area is 136 Å². The fourth-order valence-electron chi connectivity index (χ4n) is 2.65. The number of carbonyl (C=O) groups excluding carboxylic acids is 1. The van der Waals surface area contributed by atoms with E-state index in [2.05, 4.69) is 15.3 Å². The first-order chi connectivity index (χ1) is 11.1. The number of anilines is 2. The lowest BCUT2D eigenvalue weighted by molar-refractivity contribution is -0.384. The molecule has 2 aromatic rings. The normalized spacial score (nSPS) is 17.7. The predicted octanol–water partition coefficient (Wildman–Crippen LogP) is 2.30. The second-order valence-electron chi connectivity index (χ2n) is 5.21. The van der Waals surface area contributed by atoms with Gasteiger partial charge in [-0.25, -0.2) is 9.97 Å². The van der Waals surface area contributed by atoms with Crippen LogP contribution < -0.4 is 10.2 Å². The van der Waals surface area contributed by atoms with Gasteiger partial charge in [0.1, 0.15) is 0 Å². The van der Waals surface area contributed by atoms with Gasteiger partial charge in [-0.3, -0.25) is 14.9 Å². The summed E-state index contributed by atoms with van der Waals surface area (Å²) in [6.45, 7) is 1.06. The fourth-order valence-corrected chi connectivity index (χ4v) is 3.18. The Bertz CT molecular complexity index is 706. The number of pyridine rings is 1. The molecule has 0 bridgehead atoms. The Kier molecular flexibility index (Phi) is 4.47. The van der Waals surface area contributed by atoms with Crippen molar-refractivity contribution in [3.8, 4) is 0 Å². The first-order valence-corrected chi connectivity index (χ1v) is 8.08. The zero-order valence-corrected chi connectivity index (χ0v) is 13.0. The van der Waals surface area contributed by atoms with Crippen LogP contribution in [-0.4, -0.2) is 33.9 Å². The zero-order valence-electron chi connectivity index (χ0n) is 12.2. The molecule has 1 aliphatic heterocycles. The molecule has 9 heteroatoms. The molecule has 3 rings (SSSR count). The van der Waals surface area contributed by atoms with Gasteiger partial charge in [-0.1, -0.05) is 0 Å². The standard InChI is InChI=1S/C14H15N5O3S/c20-13(17-14-16-6-8-23-14)10-3-2-7-18(9-10)12-11(19(21)22)4-1-5-15-12/h1,4-6,8,10H,2-3,7,9H2,(H,16,17,20)/t10-/m1/s1. The lowest BCUT2D eigenvalue weighted by Gasteiger charge is -2.32. The minimum atomic E-state index is -0.443. The predicted molar refractivity (Wildman–Crippen MR) is 86.6 cm³/mol. The molecule has 1 aliphatic rings. The van der Waals surface area contributed by atoms with Crippen LogP contribution in [-0.2, 0) is 4.79 Å². The maximum Gasteiger partial charge on any atom is 0.311 e. The average molecular weight is 333 g/mol. The number of nitrogens with one attached hydrogen (secondary N) is 1. The van der Waals surface area contributed by atoms with Crippen molar-refractivity contribution < 1.29 is 9.72 Å². The summed E-state index contributed by atoms with van der Waals surface area (Å²) in [5.74, 6) is -0.0262. The summed E-state index contributed by atoms with van der Waals surface area (Å²) in [5.41, 5.74) is -0.0338. The van der Waals surface area contributed by atoms with E-state index in [0.717, 1.165) is 12.8 Å². The topological polar surface area (TPSA) is 101 Å². The van der Waals surface area contributed by atoms with Gasteiger partial charge in [-0.2, -0.15) is 0 Å². The van der Waals surface area contributed by atoms with Gasteiger partial charge in [0.2, 0.25) is 11.7 Å². The van der Waals surface area contributed by atoms with E-state index in [1.54, 1.807) is 11.6 Å². The number of nitro groups is 1. The van der Waals surface area contributed by atoms with Crippen LogP contribution in [0.4, 0.5) is 16.6 Å². The fraction of sp³-hybridized carbons (Fsp3) is 0.357. The molecule has 0 unspecified atom stereocenters. The van der Waals surface area contributed by atoms with E-state index in [-0.39, 0.29) is 17.5 Å². The number of amides is 1. The van der Waals surface area contributed by atoms with Crippen LogP contribution in [0.3, 0.4) is 0 Å². The lowest BCUT2D eigenvalue weighted by Crippen LogP contribution is -2.41. The number of thiazole rings is 1. The van der Waals surface area contributed by atoms with Crippen LogP contribution in [0.1, 0.15) is 12.8 Å². The molecule has 1 atom stereocenters. The molecule has 0 aromatic carbocycles. The summed E-state index contributed by atoms with van der Waals surface area (Å²) < 4.78 is 0. The Morgan fingerprint density at radius 1 is 1.43 bits per heavy atom. The highest BCUT2D eigenvalue weighted by Crippen LogP contribution is 2.29. The smallest absolute Gasteiger partial charge is 0.311 e. The minimum absolute atomic E-state index is 0.0338. The van der Waals surface area contributed by atoms with Crippen molar-refractivity contribution in [3.05, 3.63) is 40.0 Å². The van der Waals surface area contributed by atoms with Crippen LogP contribution in [0.25, 0.3) is 0 Å². The van der Waals surface area contributed by atoms with Crippen molar-refractivity contribution in [2.45, 2.75) is 12.8 Å². The average Bonchev–Trinajstić information content (AvgIpc) is 3.08. The van der Waals surface area contributed by atoms with Crippen molar-refractivity contribution in [1.29, 1.82) is 0 Å². The summed E-state index contributed by atoms with van der Waals surface area (Å²) >= 11 is 1.36. The number of carbonyl (C=O) groups is 1. The Morgan fingerprint density at radius 2 is 2.30 bits per heavy atom. The van der Waals surface area contributed by atoms with Crippen LogP contribution in [0, 0.1) is 16.0 Å². The molecular weight excluding hydrogens is 318 g/mol. The third-order valence-corrected chi connectivity index (χ3v) is 4.41. The summed E-state index contributed by atoms with van der Waals surface area (Å²) in [4.78, 5) is 33.0. The zero-order chi connectivity index (χ0) is 16.2. The van der Waals surface area contributed by atoms with Crippen molar-refractivity contribution in [1.82, 2.24) is 9.97 Å². The van der Waals surface area contributed by atoms with Crippen LogP contribution in [0.15, 0.2) is 29.9 Å². The SMILES string of the molecule is O=C(Nc1nccs1)[C@@H]1CCCN(c2ncccc2[N+](=O)[O-])C1. The van der Waals surface area contributed by atoms with Gasteiger partial charge in [-0.15, -0.1) is 11.3 Å². The van der Waals surface area contributed by atoms with E-state index < -0.39 is 4.92 Å². The summed E-state index contributed by atoms with van der Waals surface area (Å²) in [6.07, 6.45) is 4.68. The molecule has 2 aromatic heterocycles. The summed E-state index contributed by atoms with van der Waals surface area (Å²) in [5, 5.41) is 16.3. The monoisotopic (exact) mass is 333 g/mol. The van der Waals surface area contributed by atoms with E-state index in [9.17, 15) is 14.9 Å². The van der Waals surface area contributed by atoms with Gasteiger partial charge in [0.25, 0.3) is 0 Å². The van der Waals surface area contributed by atoms with E-state index in [0.29, 0.717) is 24.0 Å². The van der Waals surface area contributed by atoms with Crippen LogP contribution in [0.5, 0.6) is 0 Å². The summed E-state index contributed by atoms with van der Waals surface area (Å²) in [7, 11) is 0. The van der Waals surface area contributed by atoms with Crippen molar-refractivity contribution in [2.24, 2.45) is 5.92 Å². The second kappa shape index (κ2) is 6.69. The molecule has 23 heavy (non-hydrogen) atoms. The van der Waals surface area contributed by atoms with Gasteiger partial charge in [-0.05, 0) is 18.9 Å². The van der Waals surface area contributed by atoms with E-state index in [1.807, 2.05) is 4.90 Å². The minimum Gasteiger partial charge on any atom is -0.350 e. The first kappa shape index (κ1) is 15.3. The molecule has 1 fully saturated rings. The molecule has 1 N–H and O–H groups in total. The number of aromatic nitrogens is 2. The maximum atomic E-state index is 12.3. The van der Waals surface area contributed by atoms with Gasteiger partial charge < -0.3 is 10.2 Å². The Morgan fingerprint density at radius 3 is 3.04 bits per heavy atom. The first-order valence-electron chi connectivity index (χ1n) is 7.20. The largest absolute Gasteiger partial charge is 0.350 e. The van der Waals surface area contributed by atoms with Gasteiger partial charge in [0.15, 0.2) is 5.13 Å². The molecule has 0 saturated carbocycles. The van der Waals surface area contributed by atoms with Crippen molar-refractivity contribution >= 4 is 33.9 Å². The molecule has 0 radical (unpaired) electrons. The lowest BCUT2D eigenvalue weighted by atomic mass is 9.97. The van der Waals surface area contributed by atoms with E-state index >= 15 is 0 Å². The number of hydrogen-bond donors (Lipinski definition) is 1. The molecule has 1 amide bonds. The van der Waals surface area contributed by atoms with Crippen molar-refractivity contribution in [3.63, 3.8) is 0 Å². The Balaban J connectivity index is 1.73.